The Morgan fingerprint density at radius 2 is 2.29 bits per heavy atom. The van der Waals surface area contributed by atoms with E-state index in [1.54, 1.807) is 13.2 Å². The molecule has 3 heteroatoms. The topological polar surface area (TPSA) is 32.7 Å². The highest BCUT2D eigenvalue weighted by atomic mass is 16.5. The van der Waals surface area contributed by atoms with Gasteiger partial charge in [-0.2, -0.15) is 0 Å². The van der Waals surface area contributed by atoms with Crippen molar-refractivity contribution in [3.8, 4) is 11.5 Å². The highest BCUT2D eigenvalue weighted by Crippen LogP contribution is 2.31. The van der Waals surface area contributed by atoms with Crippen molar-refractivity contribution in [2.24, 2.45) is 5.92 Å². The molecule has 1 fully saturated rings. The van der Waals surface area contributed by atoms with Crippen molar-refractivity contribution in [2.45, 2.75) is 26.3 Å². The first kappa shape index (κ1) is 12.2. The van der Waals surface area contributed by atoms with Crippen LogP contribution in [0.3, 0.4) is 0 Å². The van der Waals surface area contributed by atoms with Crippen LogP contribution < -0.4 is 4.74 Å². The number of nitrogens with zero attached hydrogens (tertiary/aromatic N) is 1. The van der Waals surface area contributed by atoms with Crippen LogP contribution in [-0.2, 0) is 6.54 Å². The monoisotopic (exact) mass is 235 g/mol. The molecule has 0 saturated carbocycles. The maximum atomic E-state index is 10.0. The van der Waals surface area contributed by atoms with Gasteiger partial charge in [-0.3, -0.25) is 4.90 Å². The fourth-order valence-corrected chi connectivity index (χ4v) is 2.53. The Morgan fingerprint density at radius 1 is 1.47 bits per heavy atom. The molecule has 0 amide bonds. The number of hydrogen-bond acceptors (Lipinski definition) is 3. The van der Waals surface area contributed by atoms with Crippen LogP contribution in [0, 0.1) is 5.92 Å². The molecule has 0 aliphatic carbocycles. The number of aromatic hydroxyl groups is 1. The molecule has 0 spiro atoms. The van der Waals surface area contributed by atoms with Gasteiger partial charge in [0, 0.05) is 18.7 Å². The largest absolute Gasteiger partial charge is 0.504 e. The Balaban J connectivity index is 2.07. The second-order valence-electron chi connectivity index (χ2n) is 4.95. The number of ether oxygens (including phenoxy) is 1. The number of phenols is 1. The van der Waals surface area contributed by atoms with Crippen LogP contribution in [-0.4, -0.2) is 30.2 Å². The van der Waals surface area contributed by atoms with E-state index in [0.29, 0.717) is 5.75 Å². The highest BCUT2D eigenvalue weighted by Gasteiger charge is 2.18. The molecule has 1 aliphatic heterocycles. The zero-order valence-electron chi connectivity index (χ0n) is 10.6. The zero-order valence-corrected chi connectivity index (χ0v) is 10.6. The Labute approximate surface area is 103 Å². The lowest BCUT2D eigenvalue weighted by atomic mass is 9.99. The van der Waals surface area contributed by atoms with Gasteiger partial charge in [0.15, 0.2) is 11.5 Å². The summed E-state index contributed by atoms with van der Waals surface area (Å²) < 4.78 is 5.13. The van der Waals surface area contributed by atoms with E-state index in [0.717, 1.165) is 31.1 Å². The zero-order chi connectivity index (χ0) is 12.3. The van der Waals surface area contributed by atoms with Crippen LogP contribution in [0.2, 0.25) is 0 Å². The molecule has 0 bridgehead atoms. The van der Waals surface area contributed by atoms with Crippen LogP contribution in [0.15, 0.2) is 18.2 Å². The maximum absolute atomic E-state index is 10.0. The van der Waals surface area contributed by atoms with Crippen molar-refractivity contribution < 1.29 is 9.84 Å². The summed E-state index contributed by atoms with van der Waals surface area (Å²) in [4.78, 5) is 2.41. The minimum absolute atomic E-state index is 0.285. The summed E-state index contributed by atoms with van der Waals surface area (Å²) in [5.41, 5.74) is 0.957. The number of para-hydroxylation sites is 1. The third kappa shape index (κ3) is 2.91. The molecule has 1 saturated heterocycles. The molecule has 17 heavy (non-hydrogen) atoms. The molecule has 0 unspecified atom stereocenters. The van der Waals surface area contributed by atoms with Gasteiger partial charge < -0.3 is 9.84 Å². The summed E-state index contributed by atoms with van der Waals surface area (Å²) in [5, 5.41) is 10.0. The van der Waals surface area contributed by atoms with Crippen LogP contribution in [0.25, 0.3) is 0 Å². The highest BCUT2D eigenvalue weighted by molar-refractivity contribution is 5.45. The third-order valence-electron chi connectivity index (χ3n) is 3.44. The minimum atomic E-state index is 0.285. The Kier molecular flexibility index (Phi) is 3.89. The maximum Gasteiger partial charge on any atom is 0.162 e. The average molecular weight is 235 g/mol. The molecule has 1 aromatic rings. The lowest BCUT2D eigenvalue weighted by molar-refractivity contribution is 0.175. The van der Waals surface area contributed by atoms with Crippen molar-refractivity contribution in [2.75, 3.05) is 20.2 Å². The lowest BCUT2D eigenvalue weighted by Gasteiger charge is -2.31. The van der Waals surface area contributed by atoms with Crippen molar-refractivity contribution in [3.63, 3.8) is 0 Å². The molecule has 94 valence electrons. The van der Waals surface area contributed by atoms with Crippen LogP contribution in [0.5, 0.6) is 11.5 Å². The molecule has 1 aliphatic rings. The van der Waals surface area contributed by atoms with Gasteiger partial charge in [0.25, 0.3) is 0 Å². The number of likely N-dealkylation sites (tertiary alicyclic amines) is 1. The van der Waals surface area contributed by atoms with Crippen LogP contribution >= 0.6 is 0 Å². The van der Waals surface area contributed by atoms with E-state index >= 15 is 0 Å². The lowest BCUT2D eigenvalue weighted by Crippen LogP contribution is -2.33. The van der Waals surface area contributed by atoms with Gasteiger partial charge in [-0.05, 0) is 31.4 Å². The molecule has 1 atom stereocenters. The molecule has 0 aromatic heterocycles. The number of phenolic OH excluding ortho intramolecular Hbond substituents is 1. The van der Waals surface area contributed by atoms with E-state index in [-0.39, 0.29) is 5.75 Å². The summed E-state index contributed by atoms with van der Waals surface area (Å²) >= 11 is 0. The number of rotatable bonds is 3. The molecule has 1 aromatic carbocycles. The third-order valence-corrected chi connectivity index (χ3v) is 3.44. The fourth-order valence-electron chi connectivity index (χ4n) is 2.53. The summed E-state index contributed by atoms with van der Waals surface area (Å²) in [5.74, 6) is 1.61. The quantitative estimate of drug-likeness (QED) is 0.874. The summed E-state index contributed by atoms with van der Waals surface area (Å²) in [6, 6.07) is 5.69. The van der Waals surface area contributed by atoms with E-state index in [1.165, 1.54) is 12.8 Å². The van der Waals surface area contributed by atoms with Crippen LogP contribution in [0.4, 0.5) is 0 Å². The summed E-state index contributed by atoms with van der Waals surface area (Å²) in [7, 11) is 1.59. The second-order valence-corrected chi connectivity index (χ2v) is 4.95. The number of hydrogen-bond donors (Lipinski definition) is 1. The second kappa shape index (κ2) is 5.41. The molecule has 1 heterocycles. The van der Waals surface area contributed by atoms with Gasteiger partial charge in [0.2, 0.25) is 0 Å². The average Bonchev–Trinajstić information content (AvgIpc) is 2.32. The molecular weight excluding hydrogens is 214 g/mol. The number of piperidine rings is 1. The Hall–Kier alpha value is -1.22. The van der Waals surface area contributed by atoms with Gasteiger partial charge >= 0.3 is 0 Å². The van der Waals surface area contributed by atoms with Gasteiger partial charge in [-0.25, -0.2) is 0 Å². The predicted molar refractivity (Wildman–Crippen MR) is 68.3 cm³/mol. The smallest absolute Gasteiger partial charge is 0.162 e. The van der Waals surface area contributed by atoms with Gasteiger partial charge in [0.05, 0.1) is 7.11 Å². The summed E-state index contributed by atoms with van der Waals surface area (Å²) in [6.45, 7) is 5.35. The van der Waals surface area contributed by atoms with Gasteiger partial charge in [0.1, 0.15) is 0 Å². The van der Waals surface area contributed by atoms with E-state index in [2.05, 4.69) is 11.8 Å². The first-order valence-electron chi connectivity index (χ1n) is 6.28. The summed E-state index contributed by atoms with van der Waals surface area (Å²) in [6.07, 6.45) is 2.58. The van der Waals surface area contributed by atoms with E-state index in [4.69, 9.17) is 4.74 Å². The molecule has 2 rings (SSSR count). The van der Waals surface area contributed by atoms with Crippen molar-refractivity contribution in [3.05, 3.63) is 23.8 Å². The molecule has 0 radical (unpaired) electrons. The minimum Gasteiger partial charge on any atom is -0.504 e. The number of benzene rings is 1. The molecule has 1 N–H and O–H groups in total. The standard InChI is InChI=1S/C14H21NO2/c1-11-5-4-8-15(9-11)10-12-6-3-7-13(17-2)14(12)16/h3,6-7,11,16H,4-5,8-10H2,1-2H3/t11-/m0/s1. The first-order chi connectivity index (χ1) is 8.20. The van der Waals surface area contributed by atoms with Crippen LogP contribution in [0.1, 0.15) is 25.3 Å². The molecular formula is C14H21NO2. The van der Waals surface area contributed by atoms with Gasteiger partial charge in [-0.15, -0.1) is 0 Å². The Morgan fingerprint density at radius 3 is 3.00 bits per heavy atom. The van der Waals surface area contributed by atoms with E-state index in [9.17, 15) is 5.11 Å². The van der Waals surface area contributed by atoms with Crippen molar-refractivity contribution >= 4 is 0 Å². The Bertz CT molecular complexity index is 378. The van der Waals surface area contributed by atoms with Crippen molar-refractivity contribution in [1.29, 1.82) is 0 Å². The van der Waals surface area contributed by atoms with E-state index in [1.807, 2.05) is 12.1 Å². The van der Waals surface area contributed by atoms with E-state index < -0.39 is 0 Å². The SMILES string of the molecule is COc1cccc(CN2CCC[C@H](C)C2)c1O. The normalized spacial score (nSPS) is 21.4. The first-order valence-corrected chi connectivity index (χ1v) is 6.28. The van der Waals surface area contributed by atoms with Gasteiger partial charge in [-0.1, -0.05) is 19.1 Å². The fraction of sp³-hybridized carbons (Fsp3) is 0.571. The number of methoxy groups -OCH3 is 1. The molecule has 3 nitrogen and oxygen atoms in total. The predicted octanol–water partition coefficient (Wildman–Crippen LogP) is 2.63. The van der Waals surface area contributed by atoms with Crippen molar-refractivity contribution in [1.82, 2.24) is 4.90 Å².